The number of pyridine rings is 1. The standard InChI is InChI=1S/C10H12N2O2/c1-13-9-6-10(14-2)12-7-8(9)4-3-5-11/h6-7H,3-4H2,1-2H3. The highest BCUT2D eigenvalue weighted by Gasteiger charge is 2.05. The van der Waals surface area contributed by atoms with Gasteiger partial charge in [0, 0.05) is 24.2 Å². The summed E-state index contributed by atoms with van der Waals surface area (Å²) >= 11 is 0. The number of aryl methyl sites for hydroxylation is 1. The average molecular weight is 192 g/mol. The molecule has 0 radical (unpaired) electrons. The van der Waals surface area contributed by atoms with Gasteiger partial charge in [-0.25, -0.2) is 4.98 Å². The molecular formula is C10H12N2O2. The van der Waals surface area contributed by atoms with E-state index in [0.717, 1.165) is 5.56 Å². The van der Waals surface area contributed by atoms with Crippen molar-refractivity contribution in [1.29, 1.82) is 5.26 Å². The number of aromatic nitrogens is 1. The third kappa shape index (κ3) is 2.36. The molecule has 4 nitrogen and oxygen atoms in total. The molecule has 0 fully saturated rings. The Kier molecular flexibility index (Phi) is 3.74. The Labute approximate surface area is 83.1 Å². The second-order valence-corrected chi connectivity index (χ2v) is 2.70. The van der Waals surface area contributed by atoms with Crippen molar-refractivity contribution < 1.29 is 9.47 Å². The van der Waals surface area contributed by atoms with Gasteiger partial charge >= 0.3 is 0 Å². The van der Waals surface area contributed by atoms with E-state index in [-0.39, 0.29) is 0 Å². The van der Waals surface area contributed by atoms with Crippen molar-refractivity contribution in [3.8, 4) is 17.7 Å². The molecule has 4 heteroatoms. The molecule has 14 heavy (non-hydrogen) atoms. The highest BCUT2D eigenvalue weighted by atomic mass is 16.5. The van der Waals surface area contributed by atoms with E-state index in [4.69, 9.17) is 14.7 Å². The van der Waals surface area contributed by atoms with E-state index in [1.165, 1.54) is 0 Å². The number of nitriles is 1. The zero-order valence-corrected chi connectivity index (χ0v) is 8.28. The van der Waals surface area contributed by atoms with E-state index in [9.17, 15) is 0 Å². The molecule has 0 saturated carbocycles. The molecule has 0 amide bonds. The minimum atomic E-state index is 0.463. The summed E-state index contributed by atoms with van der Waals surface area (Å²) in [6.45, 7) is 0. The van der Waals surface area contributed by atoms with Gasteiger partial charge in [-0.15, -0.1) is 0 Å². The van der Waals surface area contributed by atoms with Crippen LogP contribution in [0.4, 0.5) is 0 Å². The quantitative estimate of drug-likeness (QED) is 0.726. The SMILES string of the molecule is COc1cc(OC)c(CCC#N)cn1. The molecule has 0 aliphatic carbocycles. The number of nitrogens with zero attached hydrogens (tertiary/aromatic N) is 2. The van der Waals surface area contributed by atoms with Gasteiger partial charge in [-0.3, -0.25) is 0 Å². The Morgan fingerprint density at radius 2 is 2.21 bits per heavy atom. The van der Waals surface area contributed by atoms with E-state index < -0.39 is 0 Å². The smallest absolute Gasteiger partial charge is 0.216 e. The number of methoxy groups -OCH3 is 2. The minimum absolute atomic E-state index is 0.463. The summed E-state index contributed by atoms with van der Waals surface area (Å²) < 4.78 is 10.1. The number of hydrogen-bond acceptors (Lipinski definition) is 4. The van der Waals surface area contributed by atoms with E-state index in [1.54, 1.807) is 26.5 Å². The molecule has 0 N–H and O–H groups in total. The van der Waals surface area contributed by atoms with Crippen LogP contribution in [-0.4, -0.2) is 19.2 Å². The van der Waals surface area contributed by atoms with Gasteiger partial charge in [-0.1, -0.05) is 0 Å². The second-order valence-electron chi connectivity index (χ2n) is 2.70. The van der Waals surface area contributed by atoms with E-state index in [2.05, 4.69) is 11.1 Å². The van der Waals surface area contributed by atoms with Gasteiger partial charge in [0.15, 0.2) is 0 Å². The lowest BCUT2D eigenvalue weighted by molar-refractivity contribution is 0.379. The molecule has 0 aliphatic heterocycles. The Bertz CT molecular complexity index is 344. The molecule has 1 aromatic heterocycles. The van der Waals surface area contributed by atoms with Crippen molar-refractivity contribution in [1.82, 2.24) is 4.98 Å². The van der Waals surface area contributed by atoms with Gasteiger partial charge in [-0.2, -0.15) is 5.26 Å². The van der Waals surface area contributed by atoms with Crippen LogP contribution in [0.15, 0.2) is 12.3 Å². The maximum Gasteiger partial charge on any atom is 0.216 e. The molecule has 1 heterocycles. The van der Waals surface area contributed by atoms with Crippen molar-refractivity contribution in [2.45, 2.75) is 12.8 Å². The zero-order chi connectivity index (χ0) is 10.4. The van der Waals surface area contributed by atoms with Crippen LogP contribution in [-0.2, 0) is 6.42 Å². The van der Waals surface area contributed by atoms with E-state index >= 15 is 0 Å². The van der Waals surface area contributed by atoms with Crippen LogP contribution in [0.1, 0.15) is 12.0 Å². The van der Waals surface area contributed by atoms with Crippen molar-refractivity contribution >= 4 is 0 Å². The molecule has 0 saturated heterocycles. The first kappa shape index (κ1) is 10.3. The predicted molar refractivity (Wildman–Crippen MR) is 51.3 cm³/mol. The van der Waals surface area contributed by atoms with Crippen molar-refractivity contribution in [3.63, 3.8) is 0 Å². The fourth-order valence-electron chi connectivity index (χ4n) is 1.13. The molecule has 1 aromatic rings. The van der Waals surface area contributed by atoms with Crippen LogP contribution in [0, 0.1) is 11.3 Å². The predicted octanol–water partition coefficient (Wildman–Crippen LogP) is 1.55. The fraction of sp³-hybridized carbons (Fsp3) is 0.400. The van der Waals surface area contributed by atoms with Gasteiger partial charge in [0.25, 0.3) is 0 Å². The third-order valence-corrected chi connectivity index (χ3v) is 1.85. The first-order chi connectivity index (χ1) is 6.81. The first-order valence-corrected chi connectivity index (χ1v) is 4.25. The topological polar surface area (TPSA) is 55.1 Å². The Hall–Kier alpha value is -1.76. The highest BCUT2D eigenvalue weighted by molar-refractivity contribution is 5.35. The molecule has 74 valence electrons. The summed E-state index contributed by atoms with van der Waals surface area (Å²) in [4.78, 5) is 4.05. The van der Waals surface area contributed by atoms with Crippen LogP contribution in [0.3, 0.4) is 0 Å². The Morgan fingerprint density at radius 1 is 1.43 bits per heavy atom. The average Bonchev–Trinajstić information content (AvgIpc) is 2.26. The molecule has 0 aliphatic rings. The summed E-state index contributed by atoms with van der Waals surface area (Å²) in [6.07, 6.45) is 2.79. The maximum atomic E-state index is 8.46. The number of ether oxygens (including phenoxy) is 2. The molecule has 0 bridgehead atoms. The summed E-state index contributed by atoms with van der Waals surface area (Å²) in [5, 5.41) is 8.46. The fourth-order valence-corrected chi connectivity index (χ4v) is 1.13. The zero-order valence-electron chi connectivity index (χ0n) is 8.28. The molecule has 1 rings (SSSR count). The molecule has 0 unspecified atom stereocenters. The number of rotatable bonds is 4. The molecule has 0 atom stereocenters. The monoisotopic (exact) mass is 192 g/mol. The van der Waals surface area contributed by atoms with Gasteiger partial charge in [0.2, 0.25) is 5.88 Å². The Morgan fingerprint density at radius 3 is 2.79 bits per heavy atom. The third-order valence-electron chi connectivity index (χ3n) is 1.85. The lowest BCUT2D eigenvalue weighted by Crippen LogP contribution is -1.95. The summed E-state index contributed by atoms with van der Waals surface area (Å²) in [5.74, 6) is 1.23. The minimum Gasteiger partial charge on any atom is -0.496 e. The van der Waals surface area contributed by atoms with Gasteiger partial charge in [0.1, 0.15) is 5.75 Å². The normalized spacial score (nSPS) is 9.21. The summed E-state index contributed by atoms with van der Waals surface area (Å²) in [5.41, 5.74) is 0.926. The lowest BCUT2D eigenvalue weighted by Gasteiger charge is -2.07. The van der Waals surface area contributed by atoms with Crippen LogP contribution >= 0.6 is 0 Å². The summed E-state index contributed by atoms with van der Waals surface area (Å²) in [7, 11) is 3.14. The van der Waals surface area contributed by atoms with Gasteiger partial charge in [-0.05, 0) is 6.42 Å². The highest BCUT2D eigenvalue weighted by Crippen LogP contribution is 2.22. The van der Waals surface area contributed by atoms with Crippen LogP contribution < -0.4 is 9.47 Å². The van der Waals surface area contributed by atoms with Crippen LogP contribution in [0.2, 0.25) is 0 Å². The van der Waals surface area contributed by atoms with Gasteiger partial charge in [0.05, 0.1) is 20.3 Å². The first-order valence-electron chi connectivity index (χ1n) is 4.25. The van der Waals surface area contributed by atoms with E-state index in [0.29, 0.717) is 24.5 Å². The van der Waals surface area contributed by atoms with Crippen molar-refractivity contribution in [3.05, 3.63) is 17.8 Å². The number of hydrogen-bond donors (Lipinski definition) is 0. The van der Waals surface area contributed by atoms with E-state index in [1.807, 2.05) is 0 Å². The molecular weight excluding hydrogens is 180 g/mol. The molecule has 0 spiro atoms. The maximum absolute atomic E-state index is 8.46. The van der Waals surface area contributed by atoms with Crippen LogP contribution in [0.25, 0.3) is 0 Å². The van der Waals surface area contributed by atoms with Crippen molar-refractivity contribution in [2.24, 2.45) is 0 Å². The van der Waals surface area contributed by atoms with Crippen LogP contribution in [0.5, 0.6) is 11.6 Å². The van der Waals surface area contributed by atoms with Gasteiger partial charge < -0.3 is 9.47 Å². The molecule has 0 aromatic carbocycles. The Balaban J connectivity index is 2.88. The largest absolute Gasteiger partial charge is 0.496 e. The lowest BCUT2D eigenvalue weighted by atomic mass is 10.1. The second kappa shape index (κ2) is 5.07. The van der Waals surface area contributed by atoms with Crippen molar-refractivity contribution in [2.75, 3.05) is 14.2 Å². The summed E-state index contributed by atoms with van der Waals surface area (Å²) in [6, 6.07) is 3.80.